The molecule has 2 fully saturated rings. The monoisotopic (exact) mass is 485 g/mol. The SMILES string of the molecule is CC(C)(C)C1[CH]CCN1Cc1cn2c(C(=O)NCC(CC3CCCC3)c3ccccc3)cccc2n1. The summed E-state index contributed by atoms with van der Waals surface area (Å²) in [4.78, 5) is 20.8. The number of nitrogens with one attached hydrogen (secondary N) is 1. The van der Waals surface area contributed by atoms with Crippen molar-refractivity contribution in [2.45, 2.75) is 77.8 Å². The Kier molecular flexibility index (Phi) is 7.47. The predicted molar refractivity (Wildman–Crippen MR) is 146 cm³/mol. The van der Waals surface area contributed by atoms with E-state index in [-0.39, 0.29) is 11.3 Å². The molecule has 5 rings (SSSR count). The molecule has 1 aliphatic heterocycles. The number of rotatable bonds is 8. The van der Waals surface area contributed by atoms with Crippen molar-refractivity contribution in [2.24, 2.45) is 11.3 Å². The highest BCUT2D eigenvalue weighted by molar-refractivity contribution is 5.93. The fourth-order valence-corrected chi connectivity index (χ4v) is 6.31. The number of amides is 1. The molecule has 2 atom stereocenters. The number of nitrogens with zero attached hydrogens (tertiary/aromatic N) is 3. The quantitative estimate of drug-likeness (QED) is 0.410. The first-order valence-corrected chi connectivity index (χ1v) is 13.8. The summed E-state index contributed by atoms with van der Waals surface area (Å²) in [5.74, 6) is 1.09. The molecule has 2 aliphatic rings. The zero-order valence-electron chi connectivity index (χ0n) is 22.1. The summed E-state index contributed by atoms with van der Waals surface area (Å²) < 4.78 is 1.96. The van der Waals surface area contributed by atoms with E-state index >= 15 is 0 Å². The van der Waals surface area contributed by atoms with Gasteiger partial charge < -0.3 is 5.32 Å². The van der Waals surface area contributed by atoms with Gasteiger partial charge in [-0.15, -0.1) is 0 Å². The Morgan fingerprint density at radius 3 is 2.61 bits per heavy atom. The van der Waals surface area contributed by atoms with Crippen molar-refractivity contribution in [3.8, 4) is 0 Å². The molecular formula is C31H41N4O. The summed E-state index contributed by atoms with van der Waals surface area (Å²) in [6.45, 7) is 9.42. The van der Waals surface area contributed by atoms with Gasteiger partial charge in [0.15, 0.2) is 0 Å². The molecule has 1 aliphatic carbocycles. The highest BCUT2D eigenvalue weighted by Gasteiger charge is 2.34. The first-order chi connectivity index (χ1) is 17.4. The smallest absolute Gasteiger partial charge is 0.268 e. The lowest BCUT2D eigenvalue weighted by Crippen LogP contribution is -2.39. The number of fused-ring (bicyclic) bond motifs is 1. The van der Waals surface area contributed by atoms with Gasteiger partial charge in [0.1, 0.15) is 11.3 Å². The zero-order valence-corrected chi connectivity index (χ0v) is 22.1. The molecule has 0 bridgehead atoms. The van der Waals surface area contributed by atoms with E-state index in [9.17, 15) is 4.79 Å². The van der Waals surface area contributed by atoms with Crippen molar-refractivity contribution in [1.29, 1.82) is 0 Å². The second kappa shape index (κ2) is 10.8. The van der Waals surface area contributed by atoms with Crippen molar-refractivity contribution in [2.75, 3.05) is 13.1 Å². The van der Waals surface area contributed by atoms with Gasteiger partial charge in [0.05, 0.1) is 5.69 Å². The summed E-state index contributed by atoms with van der Waals surface area (Å²) in [6.07, 6.45) is 12.1. The molecule has 1 saturated heterocycles. The summed E-state index contributed by atoms with van der Waals surface area (Å²) in [7, 11) is 0. The van der Waals surface area contributed by atoms with Gasteiger partial charge in [-0.1, -0.05) is 82.9 Å². The first kappa shape index (κ1) is 25.0. The number of aromatic nitrogens is 2. The van der Waals surface area contributed by atoms with Crippen molar-refractivity contribution in [3.63, 3.8) is 0 Å². The van der Waals surface area contributed by atoms with E-state index in [0.29, 0.717) is 24.2 Å². The van der Waals surface area contributed by atoms with Crippen LogP contribution in [0, 0.1) is 17.8 Å². The minimum atomic E-state index is -0.0287. The number of likely N-dealkylation sites (tertiary alicyclic amines) is 1. The fraction of sp³-hybridized carbons (Fsp3) is 0.516. The molecule has 3 aromatic rings. The summed E-state index contributed by atoms with van der Waals surface area (Å²) in [6, 6.07) is 17.0. The van der Waals surface area contributed by atoms with Crippen molar-refractivity contribution in [1.82, 2.24) is 19.6 Å². The van der Waals surface area contributed by atoms with Crippen molar-refractivity contribution in [3.05, 3.63) is 78.1 Å². The number of hydrogen-bond donors (Lipinski definition) is 1. The number of pyridine rings is 1. The number of carbonyl (C=O) groups excluding carboxylic acids is 1. The minimum Gasteiger partial charge on any atom is -0.350 e. The lowest BCUT2D eigenvalue weighted by atomic mass is 9.85. The van der Waals surface area contributed by atoms with Crippen LogP contribution >= 0.6 is 0 Å². The molecular weight excluding hydrogens is 444 g/mol. The van der Waals surface area contributed by atoms with Crippen LogP contribution < -0.4 is 5.32 Å². The molecule has 1 N–H and O–H groups in total. The van der Waals surface area contributed by atoms with E-state index in [4.69, 9.17) is 4.98 Å². The molecule has 0 spiro atoms. The highest BCUT2D eigenvalue weighted by atomic mass is 16.1. The number of hydrogen-bond acceptors (Lipinski definition) is 3. The summed E-state index contributed by atoms with van der Waals surface area (Å²) >= 11 is 0. The van der Waals surface area contributed by atoms with Gasteiger partial charge in [-0.25, -0.2) is 4.98 Å². The molecule has 2 aromatic heterocycles. The molecule has 5 heteroatoms. The summed E-state index contributed by atoms with van der Waals surface area (Å²) in [5, 5.41) is 3.27. The van der Waals surface area contributed by atoms with Gasteiger partial charge in [-0.3, -0.25) is 14.1 Å². The molecule has 3 heterocycles. The van der Waals surface area contributed by atoms with E-state index in [1.807, 2.05) is 22.6 Å². The van der Waals surface area contributed by atoms with Crippen LogP contribution in [-0.4, -0.2) is 39.3 Å². The minimum absolute atomic E-state index is 0.0287. The third-order valence-corrected chi connectivity index (χ3v) is 8.10. The van der Waals surface area contributed by atoms with Crippen LogP contribution in [0.1, 0.15) is 87.0 Å². The standard InChI is InChI=1S/C31H41N4O/c1-31(2,3)28-16-10-18-34(28)21-26-22-35-27(15-9-17-29(35)33-26)30(36)32-20-25(19-23-11-7-8-12-23)24-13-5-4-6-14-24/h4-6,9,13-17,22-23,25,28H,7-8,10-12,18-21H2,1-3H3,(H,32,36). The van der Waals surface area contributed by atoms with Gasteiger partial charge in [-0.2, -0.15) is 0 Å². The van der Waals surface area contributed by atoms with Gasteiger partial charge >= 0.3 is 0 Å². The number of benzene rings is 1. The molecule has 1 aromatic carbocycles. The average Bonchev–Trinajstić information content (AvgIpc) is 3.62. The largest absolute Gasteiger partial charge is 0.350 e. The van der Waals surface area contributed by atoms with Crippen LogP contribution in [0.3, 0.4) is 0 Å². The maximum atomic E-state index is 13.4. The van der Waals surface area contributed by atoms with Gasteiger partial charge in [-0.05, 0) is 54.8 Å². The molecule has 1 radical (unpaired) electrons. The molecule has 2 unspecified atom stereocenters. The zero-order chi connectivity index (χ0) is 25.1. The highest BCUT2D eigenvalue weighted by Crippen LogP contribution is 2.34. The Bertz CT molecular complexity index is 1160. The Morgan fingerprint density at radius 2 is 1.86 bits per heavy atom. The van der Waals surface area contributed by atoms with Crippen LogP contribution in [0.4, 0.5) is 0 Å². The second-order valence-corrected chi connectivity index (χ2v) is 11.9. The predicted octanol–water partition coefficient (Wildman–Crippen LogP) is 6.25. The number of imidazole rings is 1. The van der Waals surface area contributed by atoms with Crippen LogP contribution in [0.5, 0.6) is 0 Å². The fourth-order valence-electron chi connectivity index (χ4n) is 6.31. The van der Waals surface area contributed by atoms with E-state index < -0.39 is 0 Å². The summed E-state index contributed by atoms with van der Waals surface area (Å²) in [5.41, 5.74) is 4.03. The van der Waals surface area contributed by atoms with Crippen molar-refractivity contribution >= 4 is 11.6 Å². The van der Waals surface area contributed by atoms with Gasteiger partial charge in [0.2, 0.25) is 0 Å². The maximum absolute atomic E-state index is 13.4. The Labute approximate surface area is 216 Å². The van der Waals surface area contributed by atoms with E-state index in [1.165, 1.54) is 31.2 Å². The molecule has 1 saturated carbocycles. The third-order valence-electron chi connectivity index (χ3n) is 8.10. The van der Waals surface area contributed by atoms with Crippen LogP contribution in [0.25, 0.3) is 5.65 Å². The van der Waals surface area contributed by atoms with Crippen LogP contribution in [-0.2, 0) is 6.54 Å². The molecule has 36 heavy (non-hydrogen) atoms. The van der Waals surface area contributed by atoms with E-state index in [1.54, 1.807) is 0 Å². The normalized spacial score (nSPS) is 20.2. The van der Waals surface area contributed by atoms with Gasteiger partial charge in [0.25, 0.3) is 5.91 Å². The van der Waals surface area contributed by atoms with E-state index in [2.05, 4.69) is 73.9 Å². The van der Waals surface area contributed by atoms with Crippen molar-refractivity contribution < 1.29 is 4.79 Å². The number of carbonyl (C=O) groups is 1. The van der Waals surface area contributed by atoms with Gasteiger partial charge in [0, 0.05) is 31.2 Å². The Balaban J connectivity index is 1.30. The molecule has 1 amide bonds. The van der Waals surface area contributed by atoms with E-state index in [0.717, 1.165) is 43.2 Å². The lowest BCUT2D eigenvalue weighted by Gasteiger charge is -2.34. The Hall–Kier alpha value is -2.66. The average molecular weight is 486 g/mol. The van der Waals surface area contributed by atoms with Crippen LogP contribution in [0.15, 0.2) is 54.7 Å². The van der Waals surface area contributed by atoms with Crippen LogP contribution in [0.2, 0.25) is 0 Å². The second-order valence-electron chi connectivity index (χ2n) is 11.9. The molecule has 191 valence electrons. The first-order valence-electron chi connectivity index (χ1n) is 13.8. The third kappa shape index (κ3) is 5.67. The molecule has 5 nitrogen and oxygen atoms in total. The Morgan fingerprint density at radius 1 is 1.08 bits per heavy atom. The lowest BCUT2D eigenvalue weighted by molar-refractivity contribution is 0.0943. The maximum Gasteiger partial charge on any atom is 0.268 e. The topological polar surface area (TPSA) is 49.6 Å².